The molecule has 0 bridgehead atoms. The summed E-state index contributed by atoms with van der Waals surface area (Å²) in [5, 5.41) is 5.66. The highest BCUT2D eigenvalue weighted by atomic mass is 32.2. The van der Waals surface area contributed by atoms with Crippen LogP contribution in [0.25, 0.3) is 0 Å². The third kappa shape index (κ3) is 7.80. The molecule has 1 amide bonds. The summed E-state index contributed by atoms with van der Waals surface area (Å²) in [6, 6.07) is 13.2. The first kappa shape index (κ1) is 26.8. The van der Waals surface area contributed by atoms with E-state index in [1.807, 2.05) is 27.7 Å². The van der Waals surface area contributed by atoms with Crippen LogP contribution in [0.4, 0.5) is 5.69 Å². The molecule has 0 aromatic heterocycles. The molecule has 0 saturated carbocycles. The molecule has 2 aromatic rings. The molecule has 0 radical (unpaired) electrons. The summed E-state index contributed by atoms with van der Waals surface area (Å²) in [5.74, 6) is 0.352. The first-order chi connectivity index (χ1) is 15.7. The van der Waals surface area contributed by atoms with Gasteiger partial charge in [0, 0.05) is 24.3 Å². The minimum Gasteiger partial charge on any atom is -0.491 e. The summed E-state index contributed by atoms with van der Waals surface area (Å²) in [6.07, 6.45) is 2.50. The molecule has 2 N–H and O–H groups in total. The fourth-order valence-electron chi connectivity index (χ4n) is 3.05. The number of hydrogen-bond donors (Lipinski definition) is 2. The maximum atomic E-state index is 12.9. The van der Waals surface area contributed by atoms with E-state index in [2.05, 4.69) is 10.6 Å². The molecule has 33 heavy (non-hydrogen) atoms. The Balaban J connectivity index is 1.98. The Morgan fingerprint density at radius 3 is 2.09 bits per heavy atom. The smallest absolute Gasteiger partial charge is 0.257 e. The number of hydrogen-bond acceptors (Lipinski definition) is 5. The second-order valence-corrected chi connectivity index (χ2v) is 10.0. The molecule has 0 fully saturated rings. The third-order valence-corrected chi connectivity index (χ3v) is 7.07. The van der Waals surface area contributed by atoms with Gasteiger partial charge >= 0.3 is 0 Å². The van der Waals surface area contributed by atoms with Gasteiger partial charge in [-0.2, -0.15) is 4.31 Å². The summed E-state index contributed by atoms with van der Waals surface area (Å²) in [4.78, 5) is 12.7. The zero-order valence-electron chi connectivity index (χ0n) is 19.6. The average molecular weight is 492 g/mol. The summed E-state index contributed by atoms with van der Waals surface area (Å²) in [7, 11) is -3.55. The number of thiocarbonyl (C=S) groups is 1. The lowest BCUT2D eigenvalue weighted by Crippen LogP contribution is -2.34. The summed E-state index contributed by atoms with van der Waals surface area (Å²) in [5.41, 5.74) is 1.03. The van der Waals surface area contributed by atoms with E-state index < -0.39 is 10.0 Å². The first-order valence-electron chi connectivity index (χ1n) is 11.2. The highest BCUT2D eigenvalue weighted by Crippen LogP contribution is 2.19. The average Bonchev–Trinajstić information content (AvgIpc) is 2.79. The summed E-state index contributed by atoms with van der Waals surface area (Å²) < 4.78 is 32.9. The largest absolute Gasteiger partial charge is 0.491 e. The quantitative estimate of drug-likeness (QED) is 0.439. The second-order valence-electron chi connectivity index (χ2n) is 7.70. The fraction of sp³-hybridized carbons (Fsp3) is 0.417. The van der Waals surface area contributed by atoms with E-state index in [1.165, 1.54) is 16.4 Å². The second kappa shape index (κ2) is 12.7. The van der Waals surface area contributed by atoms with Gasteiger partial charge in [-0.1, -0.05) is 20.8 Å². The molecule has 0 saturated heterocycles. The van der Waals surface area contributed by atoms with Gasteiger partial charge in [0.1, 0.15) is 5.75 Å². The van der Waals surface area contributed by atoms with Gasteiger partial charge in [-0.3, -0.25) is 10.1 Å². The van der Waals surface area contributed by atoms with Crippen LogP contribution in [0.3, 0.4) is 0 Å². The van der Waals surface area contributed by atoms with Crippen LogP contribution < -0.4 is 15.4 Å². The van der Waals surface area contributed by atoms with Gasteiger partial charge in [-0.15, -0.1) is 0 Å². The third-order valence-electron chi connectivity index (χ3n) is 4.95. The fourth-order valence-corrected chi connectivity index (χ4v) is 4.88. The number of benzene rings is 2. The number of nitrogens with one attached hydrogen (secondary N) is 2. The van der Waals surface area contributed by atoms with Crippen molar-refractivity contribution in [3.05, 3.63) is 54.1 Å². The van der Waals surface area contributed by atoms with Crippen molar-refractivity contribution in [3.8, 4) is 5.75 Å². The summed E-state index contributed by atoms with van der Waals surface area (Å²) >= 11 is 5.23. The summed E-state index contributed by atoms with van der Waals surface area (Å²) in [6.45, 7) is 8.90. The van der Waals surface area contributed by atoms with Crippen molar-refractivity contribution in [3.63, 3.8) is 0 Å². The number of carbonyl (C=O) groups excluding carboxylic acids is 1. The van der Waals surface area contributed by atoms with Crippen molar-refractivity contribution in [2.75, 3.05) is 18.4 Å². The molecule has 1 atom stereocenters. The molecule has 1 unspecified atom stereocenters. The van der Waals surface area contributed by atoms with Gasteiger partial charge in [-0.05, 0) is 86.9 Å². The van der Waals surface area contributed by atoms with Gasteiger partial charge in [0.05, 0.1) is 11.0 Å². The van der Waals surface area contributed by atoms with Gasteiger partial charge in [0.2, 0.25) is 10.0 Å². The van der Waals surface area contributed by atoms with Crippen LogP contribution in [0.15, 0.2) is 53.4 Å². The Hall–Kier alpha value is -2.49. The maximum Gasteiger partial charge on any atom is 0.257 e. The monoisotopic (exact) mass is 491 g/mol. The maximum absolute atomic E-state index is 12.9. The van der Waals surface area contributed by atoms with Crippen LogP contribution in [-0.4, -0.2) is 42.9 Å². The van der Waals surface area contributed by atoms with Crippen LogP contribution in [0.2, 0.25) is 0 Å². The van der Waals surface area contributed by atoms with Crippen molar-refractivity contribution < 1.29 is 17.9 Å². The molecular weight excluding hydrogens is 458 g/mol. The van der Waals surface area contributed by atoms with Crippen LogP contribution in [0, 0.1) is 0 Å². The van der Waals surface area contributed by atoms with E-state index in [1.54, 1.807) is 36.4 Å². The Kier molecular flexibility index (Phi) is 10.3. The molecule has 2 aromatic carbocycles. The van der Waals surface area contributed by atoms with E-state index in [-0.39, 0.29) is 22.0 Å². The predicted octanol–water partition coefficient (Wildman–Crippen LogP) is 4.80. The number of anilines is 1. The minimum atomic E-state index is -3.55. The highest BCUT2D eigenvalue weighted by molar-refractivity contribution is 7.89. The molecule has 0 aliphatic carbocycles. The van der Waals surface area contributed by atoms with Crippen molar-refractivity contribution in [1.29, 1.82) is 0 Å². The van der Waals surface area contributed by atoms with Crippen LogP contribution in [-0.2, 0) is 10.0 Å². The van der Waals surface area contributed by atoms with Gasteiger partial charge in [0.25, 0.3) is 5.91 Å². The van der Waals surface area contributed by atoms with Crippen LogP contribution in [0.1, 0.15) is 57.3 Å². The van der Waals surface area contributed by atoms with Gasteiger partial charge in [0.15, 0.2) is 5.11 Å². The molecule has 180 valence electrons. The number of nitrogens with zero attached hydrogens (tertiary/aromatic N) is 1. The number of sulfonamides is 1. The number of ether oxygens (including phenoxy) is 1. The predicted molar refractivity (Wildman–Crippen MR) is 136 cm³/mol. The van der Waals surface area contributed by atoms with Gasteiger partial charge < -0.3 is 10.1 Å². The molecule has 9 heteroatoms. The lowest BCUT2D eigenvalue weighted by Gasteiger charge is -2.21. The number of amides is 1. The molecule has 0 heterocycles. The molecular formula is C24H33N3O4S2. The van der Waals surface area contributed by atoms with E-state index in [9.17, 15) is 13.2 Å². The normalized spacial score (nSPS) is 12.3. The zero-order chi connectivity index (χ0) is 24.4. The lowest BCUT2D eigenvalue weighted by molar-refractivity contribution is 0.0977. The van der Waals surface area contributed by atoms with E-state index >= 15 is 0 Å². The van der Waals surface area contributed by atoms with E-state index in [0.717, 1.165) is 19.3 Å². The Bertz CT molecular complexity index is 1020. The van der Waals surface area contributed by atoms with Crippen LogP contribution in [0.5, 0.6) is 5.75 Å². The molecule has 0 aliphatic heterocycles. The van der Waals surface area contributed by atoms with Crippen molar-refractivity contribution >= 4 is 38.9 Å². The Morgan fingerprint density at radius 1 is 1.00 bits per heavy atom. The zero-order valence-corrected chi connectivity index (χ0v) is 21.3. The number of carbonyl (C=O) groups is 1. The topological polar surface area (TPSA) is 87.7 Å². The molecule has 0 spiro atoms. The van der Waals surface area contributed by atoms with E-state index in [0.29, 0.717) is 30.1 Å². The SMILES string of the molecule is CCCN(CCC)S(=O)(=O)c1ccc(NC(=S)NC(=O)c2ccc(OC(C)CC)cc2)cc1. The minimum absolute atomic E-state index is 0.101. The Morgan fingerprint density at radius 2 is 1.58 bits per heavy atom. The van der Waals surface area contributed by atoms with Gasteiger partial charge in [-0.25, -0.2) is 8.42 Å². The van der Waals surface area contributed by atoms with Crippen molar-refractivity contribution in [1.82, 2.24) is 9.62 Å². The first-order valence-corrected chi connectivity index (χ1v) is 13.0. The highest BCUT2D eigenvalue weighted by Gasteiger charge is 2.22. The van der Waals surface area contributed by atoms with Crippen molar-refractivity contribution in [2.45, 2.75) is 58.0 Å². The molecule has 2 rings (SSSR count). The van der Waals surface area contributed by atoms with Crippen LogP contribution >= 0.6 is 12.2 Å². The molecule has 0 aliphatic rings. The van der Waals surface area contributed by atoms with E-state index in [4.69, 9.17) is 17.0 Å². The lowest BCUT2D eigenvalue weighted by atomic mass is 10.2. The standard InChI is InChI=1S/C24H33N3O4S2/c1-5-16-27(17-6-2)33(29,30)22-14-10-20(11-15-22)25-24(32)26-23(28)19-8-12-21(13-9-19)31-18(4)7-3/h8-15,18H,5-7,16-17H2,1-4H3,(H2,25,26,28,32). The Labute approximate surface area is 202 Å². The number of rotatable bonds is 11. The molecule has 7 nitrogen and oxygen atoms in total. The van der Waals surface area contributed by atoms with Crippen molar-refractivity contribution in [2.24, 2.45) is 0 Å².